The third-order valence-corrected chi connectivity index (χ3v) is 10.6. The number of esters is 1. The van der Waals surface area contributed by atoms with Crippen LogP contribution in [0, 0.1) is 11.1 Å². The van der Waals surface area contributed by atoms with Gasteiger partial charge in [-0.25, -0.2) is 8.42 Å². The summed E-state index contributed by atoms with van der Waals surface area (Å²) in [6.45, 7) is -2.83. The number of aromatic nitrogens is 1. The van der Waals surface area contributed by atoms with E-state index in [1.54, 1.807) is 14.1 Å². The molecule has 0 N–H and O–H groups in total. The van der Waals surface area contributed by atoms with Crippen molar-refractivity contribution in [1.29, 1.82) is 0 Å². The zero-order chi connectivity index (χ0) is 34.7. The first kappa shape index (κ1) is 35.6. The molecule has 0 bridgehead atoms. The molecule has 1 aromatic heterocycles. The number of pyridine rings is 1. The molecule has 2 aliphatic rings. The van der Waals surface area contributed by atoms with Crippen molar-refractivity contribution in [2.24, 2.45) is 5.92 Å². The van der Waals surface area contributed by atoms with Gasteiger partial charge < -0.3 is 24.3 Å². The summed E-state index contributed by atoms with van der Waals surface area (Å²) in [7, 11) is -1.16. The van der Waals surface area contributed by atoms with Crippen molar-refractivity contribution in [3.8, 4) is 11.5 Å². The second-order valence-corrected chi connectivity index (χ2v) is 14.5. The zero-order valence-corrected chi connectivity index (χ0v) is 28.3. The normalized spacial score (nSPS) is 17.3. The number of halogens is 4. The van der Waals surface area contributed by atoms with Crippen LogP contribution in [0.3, 0.4) is 0 Å². The van der Waals surface area contributed by atoms with Crippen LogP contribution in [-0.2, 0) is 26.0 Å². The lowest BCUT2D eigenvalue weighted by Gasteiger charge is -2.26. The summed E-state index contributed by atoms with van der Waals surface area (Å²) < 4.78 is 71.9. The Kier molecular flexibility index (Phi) is 11.0. The topological polar surface area (TPSA) is 129 Å². The van der Waals surface area contributed by atoms with E-state index in [0.717, 1.165) is 29.5 Å². The van der Waals surface area contributed by atoms with Crippen LogP contribution in [0.15, 0.2) is 59.8 Å². The summed E-state index contributed by atoms with van der Waals surface area (Å²) in [5.41, 5.74) is 0.716. The van der Waals surface area contributed by atoms with Crippen LogP contribution in [0.2, 0.25) is 10.0 Å². The molecule has 1 amide bonds. The average Bonchev–Trinajstić information content (AvgIpc) is 3.72. The van der Waals surface area contributed by atoms with Crippen LogP contribution in [0.1, 0.15) is 53.3 Å². The number of carbonyl (C=O) groups excluding carboxylic acids is 2. The Morgan fingerprint density at radius 1 is 1.06 bits per heavy atom. The second kappa shape index (κ2) is 14.8. The third kappa shape index (κ3) is 8.28. The van der Waals surface area contributed by atoms with Gasteiger partial charge in [0, 0.05) is 38.2 Å². The molecule has 0 radical (unpaired) electrons. The summed E-state index contributed by atoms with van der Waals surface area (Å²) in [5, 5.41) is 11.9. The lowest BCUT2D eigenvalue weighted by molar-refractivity contribution is -0.605. The third-order valence-electron chi connectivity index (χ3n) is 8.00. The molecular formula is C32H33Cl2F2N3O8S. The van der Waals surface area contributed by atoms with Gasteiger partial charge in [0.25, 0.3) is 5.91 Å². The molecule has 258 valence electrons. The maximum atomic E-state index is 13.9. The van der Waals surface area contributed by atoms with Gasteiger partial charge >= 0.3 is 12.6 Å². The van der Waals surface area contributed by atoms with Crippen molar-refractivity contribution < 1.29 is 45.7 Å². The minimum absolute atomic E-state index is 0.000582. The fourth-order valence-corrected chi connectivity index (χ4v) is 7.62. The smallest absolute Gasteiger partial charge is 0.387 e. The molecule has 2 fully saturated rings. The lowest BCUT2D eigenvalue weighted by atomic mass is 10.0. The van der Waals surface area contributed by atoms with Gasteiger partial charge in [-0.05, 0) is 67.5 Å². The maximum absolute atomic E-state index is 13.9. The largest absolute Gasteiger partial charge is 0.619 e. The molecule has 1 aliphatic heterocycles. The van der Waals surface area contributed by atoms with E-state index in [4.69, 9.17) is 32.7 Å². The van der Waals surface area contributed by atoms with Crippen LogP contribution in [0.4, 0.5) is 8.78 Å². The van der Waals surface area contributed by atoms with E-state index in [1.165, 1.54) is 47.4 Å². The van der Waals surface area contributed by atoms with E-state index >= 15 is 0 Å². The SMILES string of the molecule is CN(C)C(=O)c1cccc(S(=O)(=O)N2CCC[C@H]2C(=O)O[C@H](Cc2c(Cl)c[n+]([O-])cc2Cl)c2ccc(OC(F)F)c(OCC3CC3)c2)c1. The first-order chi connectivity index (χ1) is 22.7. The summed E-state index contributed by atoms with van der Waals surface area (Å²) >= 11 is 12.7. The molecule has 2 heterocycles. The first-order valence-corrected chi connectivity index (χ1v) is 17.3. The van der Waals surface area contributed by atoms with Crippen LogP contribution in [0.5, 0.6) is 11.5 Å². The molecule has 2 atom stereocenters. The van der Waals surface area contributed by atoms with E-state index in [-0.39, 0.29) is 69.5 Å². The van der Waals surface area contributed by atoms with E-state index in [9.17, 15) is 32.0 Å². The van der Waals surface area contributed by atoms with Crippen molar-refractivity contribution in [3.63, 3.8) is 0 Å². The molecule has 0 spiro atoms. The summed E-state index contributed by atoms with van der Waals surface area (Å²) in [6, 6.07) is 8.42. The standard InChI is InChI=1S/C32H33Cl2F2N3O8S/c1-37(2)30(40)21-5-3-6-22(13-21)48(43,44)39-12-4-7-26(39)31(41)46-28(15-23-24(33)16-38(42)17-25(23)34)20-10-11-27(47-32(35)36)29(14-20)45-18-19-8-9-19/h3,5-6,10-11,13-14,16-17,19,26,28,32H,4,7-9,12,15,18H2,1-2H3/t26-,28+/m0/s1. The van der Waals surface area contributed by atoms with Gasteiger partial charge in [-0.3, -0.25) is 9.59 Å². The van der Waals surface area contributed by atoms with Crippen LogP contribution >= 0.6 is 23.2 Å². The first-order valence-electron chi connectivity index (χ1n) is 15.1. The van der Waals surface area contributed by atoms with Crippen molar-refractivity contribution >= 4 is 45.1 Å². The molecule has 48 heavy (non-hydrogen) atoms. The highest BCUT2D eigenvalue weighted by molar-refractivity contribution is 7.89. The number of hydrogen-bond acceptors (Lipinski definition) is 8. The van der Waals surface area contributed by atoms with Gasteiger partial charge in [-0.1, -0.05) is 35.3 Å². The fourth-order valence-electron chi connectivity index (χ4n) is 5.33. The van der Waals surface area contributed by atoms with Gasteiger partial charge in [0.05, 0.1) is 11.5 Å². The lowest BCUT2D eigenvalue weighted by Crippen LogP contribution is -2.42. The van der Waals surface area contributed by atoms with Crippen molar-refractivity contribution in [2.45, 2.75) is 55.8 Å². The van der Waals surface area contributed by atoms with Gasteiger partial charge in [-0.15, -0.1) is 0 Å². The number of hydrogen-bond donors (Lipinski definition) is 0. The van der Waals surface area contributed by atoms with Crippen LogP contribution in [0.25, 0.3) is 0 Å². The fraction of sp³-hybridized carbons (Fsp3) is 0.406. The van der Waals surface area contributed by atoms with Gasteiger partial charge in [0.1, 0.15) is 22.2 Å². The number of sulfonamides is 1. The Bertz CT molecular complexity index is 1770. The number of rotatable bonds is 13. The highest BCUT2D eigenvalue weighted by Crippen LogP contribution is 2.38. The quantitative estimate of drug-likeness (QED) is 0.130. The number of benzene rings is 2. The Hall–Kier alpha value is -3.72. The molecule has 0 unspecified atom stereocenters. The molecule has 2 aromatic carbocycles. The van der Waals surface area contributed by atoms with Crippen molar-refractivity contribution in [1.82, 2.24) is 9.21 Å². The predicted octanol–water partition coefficient (Wildman–Crippen LogP) is 5.40. The Labute approximate surface area is 286 Å². The number of alkyl halides is 2. The molecular weight excluding hydrogens is 695 g/mol. The van der Waals surface area contributed by atoms with Crippen molar-refractivity contribution in [2.75, 3.05) is 27.2 Å². The zero-order valence-electron chi connectivity index (χ0n) is 26.0. The van der Waals surface area contributed by atoms with E-state index in [2.05, 4.69) is 4.74 Å². The van der Waals surface area contributed by atoms with Gasteiger partial charge in [0.15, 0.2) is 23.9 Å². The highest BCUT2D eigenvalue weighted by atomic mass is 35.5. The highest BCUT2D eigenvalue weighted by Gasteiger charge is 2.42. The summed E-state index contributed by atoms with van der Waals surface area (Å²) in [5.74, 6) is -1.21. The Morgan fingerprint density at radius 3 is 2.42 bits per heavy atom. The second-order valence-electron chi connectivity index (χ2n) is 11.8. The van der Waals surface area contributed by atoms with Crippen LogP contribution < -0.4 is 14.2 Å². The monoisotopic (exact) mass is 727 g/mol. The number of ether oxygens (including phenoxy) is 3. The Balaban J connectivity index is 1.47. The molecule has 1 saturated heterocycles. The number of nitrogens with zero attached hydrogens (tertiary/aromatic N) is 3. The van der Waals surface area contributed by atoms with Crippen molar-refractivity contribution in [3.05, 3.63) is 86.8 Å². The predicted molar refractivity (Wildman–Crippen MR) is 171 cm³/mol. The molecule has 3 aromatic rings. The molecule has 1 aliphatic carbocycles. The van der Waals surface area contributed by atoms with E-state index < -0.39 is 40.7 Å². The van der Waals surface area contributed by atoms with Crippen LogP contribution in [-0.4, -0.2) is 69.4 Å². The molecule has 1 saturated carbocycles. The molecule has 16 heteroatoms. The summed E-state index contributed by atoms with van der Waals surface area (Å²) in [6.07, 6.45) is 3.21. The minimum Gasteiger partial charge on any atom is -0.619 e. The van der Waals surface area contributed by atoms with Gasteiger partial charge in [0.2, 0.25) is 10.0 Å². The minimum atomic E-state index is -4.25. The molecule has 5 rings (SSSR count). The maximum Gasteiger partial charge on any atom is 0.387 e. The van der Waals surface area contributed by atoms with Gasteiger partial charge in [-0.2, -0.15) is 17.8 Å². The summed E-state index contributed by atoms with van der Waals surface area (Å²) in [4.78, 5) is 27.5. The Morgan fingerprint density at radius 2 is 1.77 bits per heavy atom. The van der Waals surface area contributed by atoms with E-state index in [1.807, 2.05) is 0 Å². The average molecular weight is 729 g/mol. The number of carbonyl (C=O) groups is 2. The number of amides is 1. The molecule has 11 nitrogen and oxygen atoms in total. The van der Waals surface area contributed by atoms with E-state index in [0.29, 0.717) is 16.7 Å².